The summed E-state index contributed by atoms with van der Waals surface area (Å²) in [5, 5.41) is 0. The second kappa shape index (κ2) is 20.1. The molecule has 18 heteroatoms. The Balaban J connectivity index is 1.87. The zero-order valence-corrected chi connectivity index (χ0v) is 34.8. The SMILES string of the molecule is NCCOP(=O)(O)OC(COC(=O)COCc1cc(I)cc(I)c1I)COC(=O)COCc1cc(I)cc(I)c1I. The van der Waals surface area contributed by atoms with Crippen molar-refractivity contribution < 1.29 is 47.0 Å². The number of hydrogen-bond donors (Lipinski definition) is 2. The molecule has 0 aliphatic heterocycles. The predicted octanol–water partition coefficient (Wildman–Crippen LogP) is 5.59. The van der Waals surface area contributed by atoms with Crippen molar-refractivity contribution in [2.45, 2.75) is 19.3 Å². The summed E-state index contributed by atoms with van der Waals surface area (Å²) in [4.78, 5) is 34.5. The maximum atomic E-state index is 12.3. The van der Waals surface area contributed by atoms with E-state index in [1.54, 1.807) is 0 Å². The molecule has 2 rings (SSSR count). The summed E-state index contributed by atoms with van der Waals surface area (Å²) in [6, 6.07) is 7.98. The first kappa shape index (κ1) is 38.9. The first-order chi connectivity index (χ1) is 19.3. The summed E-state index contributed by atoms with van der Waals surface area (Å²) in [5.41, 5.74) is 7.16. The number of halogens is 6. The molecule has 0 amide bonds. The van der Waals surface area contributed by atoms with Gasteiger partial charge in [0.25, 0.3) is 0 Å². The number of rotatable bonds is 17. The van der Waals surface area contributed by atoms with Crippen LogP contribution in [-0.4, -0.2) is 62.5 Å². The molecule has 228 valence electrons. The van der Waals surface area contributed by atoms with E-state index in [-0.39, 0.29) is 39.6 Å². The van der Waals surface area contributed by atoms with Gasteiger partial charge >= 0.3 is 19.8 Å². The van der Waals surface area contributed by atoms with Gasteiger partial charge in [-0.1, -0.05) is 0 Å². The van der Waals surface area contributed by atoms with Gasteiger partial charge in [0, 0.05) is 28.0 Å². The molecule has 41 heavy (non-hydrogen) atoms. The zero-order chi connectivity index (χ0) is 30.6. The van der Waals surface area contributed by atoms with Gasteiger partial charge in [-0.05, 0) is 171 Å². The monoisotopic (exact) mass is 1270 g/mol. The maximum absolute atomic E-state index is 12.3. The van der Waals surface area contributed by atoms with Crippen molar-refractivity contribution >= 4 is 155 Å². The van der Waals surface area contributed by atoms with Crippen LogP contribution in [0.25, 0.3) is 0 Å². The van der Waals surface area contributed by atoms with Crippen LogP contribution in [0, 0.1) is 21.4 Å². The number of hydrogen-bond acceptors (Lipinski definition) is 10. The third kappa shape index (κ3) is 15.3. The van der Waals surface area contributed by atoms with Crippen LogP contribution in [0.4, 0.5) is 0 Å². The second-order valence-electron chi connectivity index (χ2n) is 7.89. The second-order valence-corrected chi connectivity index (χ2v) is 16.3. The fourth-order valence-electron chi connectivity index (χ4n) is 2.87. The molecular formula is C23H24I6NO10P. The van der Waals surface area contributed by atoms with E-state index in [9.17, 15) is 19.0 Å². The number of esters is 2. The lowest BCUT2D eigenvalue weighted by Gasteiger charge is -2.20. The molecule has 0 heterocycles. The van der Waals surface area contributed by atoms with Gasteiger partial charge in [-0.3, -0.25) is 9.05 Å². The van der Waals surface area contributed by atoms with Gasteiger partial charge in [-0.25, -0.2) is 14.2 Å². The number of carbonyl (C=O) groups excluding carboxylic acids is 2. The van der Waals surface area contributed by atoms with E-state index in [4.69, 9.17) is 33.7 Å². The molecule has 2 aromatic carbocycles. The molecule has 0 saturated carbocycles. The van der Waals surface area contributed by atoms with Gasteiger partial charge in [0.15, 0.2) is 0 Å². The highest BCUT2D eigenvalue weighted by Gasteiger charge is 2.28. The lowest BCUT2D eigenvalue weighted by Crippen LogP contribution is -2.30. The van der Waals surface area contributed by atoms with Crippen LogP contribution in [0.3, 0.4) is 0 Å². The van der Waals surface area contributed by atoms with Crippen molar-refractivity contribution in [3.05, 3.63) is 56.8 Å². The molecule has 0 spiro atoms. The third-order valence-corrected chi connectivity index (χ3v) is 13.2. The predicted molar refractivity (Wildman–Crippen MR) is 200 cm³/mol. The molecule has 0 aliphatic rings. The summed E-state index contributed by atoms with van der Waals surface area (Å²) in [6.07, 6.45) is -1.30. The Morgan fingerprint density at radius 3 is 1.66 bits per heavy atom. The molecule has 0 aliphatic carbocycles. The molecule has 0 aromatic heterocycles. The van der Waals surface area contributed by atoms with Crippen LogP contribution in [0.5, 0.6) is 0 Å². The summed E-state index contributed by atoms with van der Waals surface area (Å²) in [5.74, 6) is -1.47. The van der Waals surface area contributed by atoms with Crippen LogP contribution < -0.4 is 5.73 Å². The van der Waals surface area contributed by atoms with Crippen LogP contribution in [0.2, 0.25) is 0 Å². The molecule has 0 bridgehead atoms. The molecule has 0 fully saturated rings. The standard InChI is InChI=1S/C23H24I6NO10P/c24-15-3-13(22(28)18(26)5-15)7-35-11-20(31)37-9-17(40-41(33,34)39-2-1-30)10-38-21(32)12-36-8-14-4-16(25)6-19(27)23(14)29/h3-6,17H,1-2,7-12,30H2,(H,33,34). The average molecular weight is 1270 g/mol. The van der Waals surface area contributed by atoms with Crippen molar-refractivity contribution in [2.75, 3.05) is 39.6 Å². The minimum atomic E-state index is -4.57. The molecular weight excluding hydrogens is 1240 g/mol. The van der Waals surface area contributed by atoms with Gasteiger partial charge in [-0.15, -0.1) is 0 Å². The number of phosphoric ester groups is 1. The van der Waals surface area contributed by atoms with Crippen molar-refractivity contribution in [1.82, 2.24) is 0 Å². The van der Waals surface area contributed by atoms with Gasteiger partial charge in [0.1, 0.15) is 32.5 Å². The quantitative estimate of drug-likeness (QED) is 0.0883. The molecule has 1 atom stereocenters. The Kier molecular flexibility index (Phi) is 19.1. The minimum Gasteiger partial charge on any atom is -0.461 e. The topological polar surface area (TPSA) is 153 Å². The van der Waals surface area contributed by atoms with Gasteiger partial charge in [0.2, 0.25) is 0 Å². The summed E-state index contributed by atoms with van der Waals surface area (Å²) in [7, 11) is -4.57. The Morgan fingerprint density at radius 1 is 0.805 bits per heavy atom. The van der Waals surface area contributed by atoms with Crippen molar-refractivity contribution in [1.29, 1.82) is 0 Å². The van der Waals surface area contributed by atoms with Crippen molar-refractivity contribution in [2.24, 2.45) is 5.73 Å². The molecule has 2 aromatic rings. The normalized spacial score (nSPS) is 12.8. The van der Waals surface area contributed by atoms with E-state index >= 15 is 0 Å². The fourth-order valence-corrected chi connectivity index (χ4v) is 8.63. The highest BCUT2D eigenvalue weighted by Crippen LogP contribution is 2.44. The summed E-state index contributed by atoms with van der Waals surface area (Å²) >= 11 is 13.3. The lowest BCUT2D eigenvalue weighted by atomic mass is 10.2. The highest BCUT2D eigenvalue weighted by molar-refractivity contribution is 14.1. The highest BCUT2D eigenvalue weighted by atomic mass is 127. The number of carbonyl (C=O) groups is 2. The average Bonchev–Trinajstić information content (AvgIpc) is 2.89. The molecule has 3 N–H and O–H groups in total. The maximum Gasteiger partial charge on any atom is 0.472 e. The van der Waals surface area contributed by atoms with Gasteiger partial charge < -0.3 is 29.6 Å². The molecule has 0 saturated heterocycles. The largest absolute Gasteiger partial charge is 0.472 e. The summed E-state index contributed by atoms with van der Waals surface area (Å²) in [6.45, 7) is -1.60. The van der Waals surface area contributed by atoms with E-state index in [2.05, 4.69) is 136 Å². The Morgan fingerprint density at radius 2 is 1.24 bits per heavy atom. The van der Waals surface area contributed by atoms with Crippen LogP contribution in [-0.2, 0) is 55.4 Å². The van der Waals surface area contributed by atoms with Crippen LogP contribution >= 0.6 is 143 Å². The van der Waals surface area contributed by atoms with Crippen LogP contribution in [0.15, 0.2) is 24.3 Å². The Labute approximate surface area is 319 Å². The van der Waals surface area contributed by atoms with Crippen molar-refractivity contribution in [3.63, 3.8) is 0 Å². The molecule has 11 nitrogen and oxygen atoms in total. The summed E-state index contributed by atoms with van der Waals surface area (Å²) < 4.78 is 49.6. The number of benzene rings is 2. The van der Waals surface area contributed by atoms with E-state index in [0.29, 0.717) is 0 Å². The van der Waals surface area contributed by atoms with Crippen molar-refractivity contribution in [3.8, 4) is 0 Å². The molecule has 1 unspecified atom stereocenters. The van der Waals surface area contributed by atoms with E-state index < -0.39 is 39.1 Å². The first-order valence-corrected chi connectivity index (χ1v) is 19.4. The Bertz CT molecular complexity index is 1170. The lowest BCUT2D eigenvalue weighted by molar-refractivity contribution is -0.157. The van der Waals surface area contributed by atoms with Crippen LogP contribution in [0.1, 0.15) is 11.1 Å². The smallest absolute Gasteiger partial charge is 0.461 e. The fraction of sp³-hybridized carbons (Fsp3) is 0.391. The third-order valence-electron chi connectivity index (χ3n) is 4.61. The van der Waals surface area contributed by atoms with E-state index in [1.165, 1.54) is 0 Å². The molecule has 0 radical (unpaired) electrons. The number of ether oxygens (including phenoxy) is 4. The number of phosphoric acid groups is 1. The van der Waals surface area contributed by atoms with Gasteiger partial charge in [0.05, 0.1) is 19.8 Å². The first-order valence-electron chi connectivity index (χ1n) is 11.4. The minimum absolute atomic E-state index is 0.0197. The number of nitrogens with two attached hydrogens (primary N) is 1. The van der Waals surface area contributed by atoms with E-state index in [0.717, 1.165) is 32.5 Å². The zero-order valence-electron chi connectivity index (χ0n) is 21.0. The van der Waals surface area contributed by atoms with Gasteiger partial charge in [-0.2, -0.15) is 0 Å². The Hall–Kier alpha value is 1.75. The van der Waals surface area contributed by atoms with E-state index in [1.807, 2.05) is 24.3 Å².